The summed E-state index contributed by atoms with van der Waals surface area (Å²) in [7, 11) is 0. The number of hydrogen-bond acceptors (Lipinski definition) is 5. The molecule has 0 spiro atoms. The third-order valence-electron chi connectivity index (χ3n) is 3.29. The van der Waals surface area contributed by atoms with E-state index < -0.39 is 0 Å². The highest BCUT2D eigenvalue weighted by atomic mass is 32.1. The van der Waals surface area contributed by atoms with Crippen LogP contribution >= 0.6 is 11.3 Å². The van der Waals surface area contributed by atoms with Crippen LogP contribution in [0.2, 0.25) is 0 Å². The van der Waals surface area contributed by atoms with Gasteiger partial charge >= 0.3 is 5.97 Å². The molecule has 2 aromatic carbocycles. The van der Waals surface area contributed by atoms with E-state index in [1.165, 1.54) is 17.4 Å². The molecule has 6 heteroatoms. The lowest BCUT2D eigenvalue weighted by molar-refractivity contribution is 0.0526. The van der Waals surface area contributed by atoms with Crippen molar-refractivity contribution >= 4 is 32.7 Å². The molecule has 0 saturated carbocycles. The van der Waals surface area contributed by atoms with Crippen LogP contribution in [-0.2, 0) is 11.3 Å². The Labute approximate surface area is 136 Å². The van der Waals surface area contributed by atoms with Crippen molar-refractivity contribution in [1.29, 1.82) is 0 Å². The molecule has 0 aliphatic carbocycles. The minimum absolute atomic E-state index is 0.245. The predicted octanol–water partition coefficient (Wildman–Crippen LogP) is 4.22. The number of carbonyl (C=O) groups is 1. The first kappa shape index (κ1) is 15.4. The second-order valence-electron chi connectivity index (χ2n) is 4.87. The van der Waals surface area contributed by atoms with Crippen molar-refractivity contribution in [3.8, 4) is 0 Å². The summed E-state index contributed by atoms with van der Waals surface area (Å²) < 4.78 is 19.5. The van der Waals surface area contributed by atoms with Crippen molar-refractivity contribution in [2.75, 3.05) is 11.9 Å². The van der Waals surface area contributed by atoms with E-state index in [0.717, 1.165) is 10.2 Å². The van der Waals surface area contributed by atoms with Gasteiger partial charge in [-0.2, -0.15) is 0 Å². The molecule has 23 heavy (non-hydrogen) atoms. The SMILES string of the molecule is CCOC(=O)c1ccc2nc(NCc3ccccc3F)sc2c1. The Balaban J connectivity index is 1.77. The van der Waals surface area contributed by atoms with Crippen LogP contribution in [0.15, 0.2) is 42.5 Å². The number of rotatable bonds is 5. The number of aromatic nitrogens is 1. The maximum absolute atomic E-state index is 13.6. The van der Waals surface area contributed by atoms with Crippen molar-refractivity contribution in [1.82, 2.24) is 4.98 Å². The molecule has 1 aromatic heterocycles. The number of anilines is 1. The van der Waals surface area contributed by atoms with Gasteiger partial charge in [0.1, 0.15) is 5.82 Å². The summed E-state index contributed by atoms with van der Waals surface area (Å²) >= 11 is 1.42. The Kier molecular flexibility index (Phi) is 4.52. The number of nitrogens with one attached hydrogen (secondary N) is 1. The smallest absolute Gasteiger partial charge is 0.338 e. The summed E-state index contributed by atoms with van der Waals surface area (Å²) in [6, 6.07) is 11.9. The highest BCUT2D eigenvalue weighted by Gasteiger charge is 2.10. The molecule has 4 nitrogen and oxygen atoms in total. The maximum atomic E-state index is 13.6. The largest absolute Gasteiger partial charge is 0.462 e. The standard InChI is InChI=1S/C17H15FN2O2S/c1-2-22-16(21)11-7-8-14-15(9-11)23-17(20-14)19-10-12-5-3-4-6-13(12)18/h3-9H,2,10H2,1H3,(H,19,20). The molecule has 1 N–H and O–H groups in total. The average Bonchev–Trinajstić information content (AvgIpc) is 2.96. The molecule has 0 bridgehead atoms. The third kappa shape index (κ3) is 3.48. The Bertz CT molecular complexity index is 847. The van der Waals surface area contributed by atoms with Crippen LogP contribution in [-0.4, -0.2) is 17.6 Å². The first-order chi connectivity index (χ1) is 11.2. The van der Waals surface area contributed by atoms with Crippen LogP contribution in [0.3, 0.4) is 0 Å². The molecule has 0 aliphatic heterocycles. The third-order valence-corrected chi connectivity index (χ3v) is 4.26. The summed E-state index contributed by atoms with van der Waals surface area (Å²) in [5, 5.41) is 3.80. The number of hydrogen-bond donors (Lipinski definition) is 1. The Morgan fingerprint density at radius 2 is 2.13 bits per heavy atom. The van der Waals surface area contributed by atoms with Crippen molar-refractivity contribution in [2.24, 2.45) is 0 Å². The second-order valence-corrected chi connectivity index (χ2v) is 5.90. The molecule has 0 radical (unpaired) electrons. The molecule has 0 saturated heterocycles. The summed E-state index contributed by atoms with van der Waals surface area (Å²) in [6.45, 7) is 2.47. The lowest BCUT2D eigenvalue weighted by Gasteiger charge is -2.03. The lowest BCUT2D eigenvalue weighted by Crippen LogP contribution is -2.03. The van der Waals surface area contributed by atoms with Crippen LogP contribution in [0.25, 0.3) is 10.2 Å². The van der Waals surface area contributed by atoms with Gasteiger partial charge in [-0.25, -0.2) is 14.2 Å². The molecule has 118 valence electrons. The molecule has 1 heterocycles. The zero-order chi connectivity index (χ0) is 16.2. The van der Waals surface area contributed by atoms with Gasteiger partial charge in [0.15, 0.2) is 5.13 Å². The maximum Gasteiger partial charge on any atom is 0.338 e. The summed E-state index contributed by atoms with van der Waals surface area (Å²) in [4.78, 5) is 16.2. The molecular formula is C17H15FN2O2S. The first-order valence-corrected chi connectivity index (χ1v) is 8.04. The molecule has 0 unspecified atom stereocenters. The summed E-state index contributed by atoms with van der Waals surface area (Å²) in [6.07, 6.45) is 0. The van der Waals surface area contributed by atoms with E-state index in [4.69, 9.17) is 4.74 Å². The number of benzene rings is 2. The van der Waals surface area contributed by atoms with Gasteiger partial charge in [-0.3, -0.25) is 0 Å². The molecule has 3 rings (SSSR count). The molecular weight excluding hydrogens is 315 g/mol. The Morgan fingerprint density at radius 1 is 1.30 bits per heavy atom. The monoisotopic (exact) mass is 330 g/mol. The minimum Gasteiger partial charge on any atom is -0.462 e. The van der Waals surface area contributed by atoms with Gasteiger partial charge in [0.25, 0.3) is 0 Å². The van der Waals surface area contributed by atoms with Gasteiger partial charge in [-0.1, -0.05) is 29.5 Å². The molecule has 0 fully saturated rings. The number of fused-ring (bicyclic) bond motifs is 1. The van der Waals surface area contributed by atoms with E-state index in [2.05, 4.69) is 10.3 Å². The number of carbonyl (C=O) groups excluding carboxylic acids is 1. The summed E-state index contributed by atoms with van der Waals surface area (Å²) in [5.41, 5.74) is 1.88. The highest BCUT2D eigenvalue weighted by Crippen LogP contribution is 2.27. The number of nitrogens with zero attached hydrogens (tertiary/aromatic N) is 1. The Hall–Kier alpha value is -2.47. The predicted molar refractivity (Wildman–Crippen MR) is 89.3 cm³/mol. The van der Waals surface area contributed by atoms with Gasteiger partial charge in [0.05, 0.1) is 22.4 Å². The van der Waals surface area contributed by atoms with Crippen molar-refractivity contribution in [3.63, 3.8) is 0 Å². The second kappa shape index (κ2) is 6.75. The number of esters is 1. The molecule has 0 atom stereocenters. The topological polar surface area (TPSA) is 51.2 Å². The Morgan fingerprint density at radius 3 is 2.91 bits per heavy atom. The van der Waals surface area contributed by atoms with Gasteiger partial charge in [0.2, 0.25) is 0 Å². The number of halogens is 1. The van der Waals surface area contributed by atoms with Gasteiger partial charge in [-0.15, -0.1) is 0 Å². The zero-order valence-electron chi connectivity index (χ0n) is 12.5. The van der Waals surface area contributed by atoms with E-state index in [0.29, 0.717) is 29.4 Å². The van der Waals surface area contributed by atoms with Gasteiger partial charge in [-0.05, 0) is 31.2 Å². The minimum atomic E-state index is -0.344. The van der Waals surface area contributed by atoms with Crippen LogP contribution in [0.4, 0.5) is 9.52 Å². The normalized spacial score (nSPS) is 10.7. The molecule has 0 amide bonds. The van der Waals surface area contributed by atoms with Crippen molar-refractivity contribution in [3.05, 3.63) is 59.4 Å². The van der Waals surface area contributed by atoms with E-state index in [1.807, 2.05) is 0 Å². The van der Waals surface area contributed by atoms with Crippen LogP contribution < -0.4 is 5.32 Å². The van der Waals surface area contributed by atoms with Crippen LogP contribution in [0.1, 0.15) is 22.8 Å². The van der Waals surface area contributed by atoms with Crippen LogP contribution in [0.5, 0.6) is 0 Å². The van der Waals surface area contributed by atoms with Gasteiger partial charge < -0.3 is 10.1 Å². The fraction of sp³-hybridized carbons (Fsp3) is 0.176. The fourth-order valence-electron chi connectivity index (χ4n) is 2.15. The van der Waals surface area contributed by atoms with Crippen molar-refractivity contribution in [2.45, 2.75) is 13.5 Å². The van der Waals surface area contributed by atoms with Gasteiger partial charge in [0, 0.05) is 12.1 Å². The highest BCUT2D eigenvalue weighted by molar-refractivity contribution is 7.22. The first-order valence-electron chi connectivity index (χ1n) is 7.22. The fourth-order valence-corrected chi connectivity index (χ4v) is 3.06. The van der Waals surface area contributed by atoms with Crippen molar-refractivity contribution < 1.29 is 13.9 Å². The lowest BCUT2D eigenvalue weighted by atomic mass is 10.2. The van der Waals surface area contributed by atoms with Crippen LogP contribution in [0, 0.1) is 5.82 Å². The molecule has 3 aromatic rings. The van der Waals surface area contributed by atoms with E-state index in [9.17, 15) is 9.18 Å². The summed E-state index contributed by atoms with van der Waals surface area (Å²) in [5.74, 6) is -0.589. The van der Waals surface area contributed by atoms with E-state index in [1.54, 1.807) is 43.3 Å². The van der Waals surface area contributed by atoms with E-state index >= 15 is 0 Å². The number of thiazole rings is 1. The quantitative estimate of drug-likeness (QED) is 0.712. The number of ether oxygens (including phenoxy) is 1. The zero-order valence-corrected chi connectivity index (χ0v) is 13.3. The molecule has 0 aliphatic rings. The average molecular weight is 330 g/mol. The van der Waals surface area contributed by atoms with E-state index in [-0.39, 0.29) is 11.8 Å².